The molecule has 0 unspecified atom stereocenters. The maximum absolute atomic E-state index is 12.4. The number of carbonyl (C=O) groups is 1. The standard InChI is InChI=1S/C23H31N3O2/c1-18(23(27)24-17-19-7-13-22(28-2)14-8-19)25-20-9-11-21(12-10-20)26-15-5-3-4-6-16-26/h7-14,18,25H,3-6,15-17H2,1-2H3,(H,24,27)/t18-/m0/s1. The van der Waals surface area contributed by atoms with Gasteiger partial charge >= 0.3 is 0 Å². The Morgan fingerprint density at radius 1 is 1.00 bits per heavy atom. The number of methoxy groups -OCH3 is 1. The Morgan fingerprint density at radius 2 is 1.64 bits per heavy atom. The van der Waals surface area contributed by atoms with E-state index in [1.54, 1.807) is 7.11 Å². The van der Waals surface area contributed by atoms with Gasteiger partial charge in [0.2, 0.25) is 5.91 Å². The molecule has 2 aromatic carbocycles. The molecule has 0 saturated carbocycles. The van der Waals surface area contributed by atoms with Gasteiger partial charge in [0.25, 0.3) is 0 Å². The molecule has 0 aliphatic carbocycles. The molecule has 28 heavy (non-hydrogen) atoms. The third-order valence-electron chi connectivity index (χ3n) is 5.24. The maximum atomic E-state index is 12.4. The van der Waals surface area contributed by atoms with Gasteiger partial charge in [-0.05, 0) is 61.7 Å². The van der Waals surface area contributed by atoms with Crippen molar-refractivity contribution in [2.24, 2.45) is 0 Å². The van der Waals surface area contributed by atoms with Gasteiger partial charge in [0, 0.05) is 31.0 Å². The highest BCUT2D eigenvalue weighted by molar-refractivity contribution is 5.84. The van der Waals surface area contributed by atoms with Crippen LogP contribution in [0.3, 0.4) is 0 Å². The lowest BCUT2D eigenvalue weighted by molar-refractivity contribution is -0.121. The van der Waals surface area contributed by atoms with E-state index in [0.29, 0.717) is 6.54 Å². The monoisotopic (exact) mass is 381 g/mol. The van der Waals surface area contributed by atoms with Crippen molar-refractivity contribution in [3.63, 3.8) is 0 Å². The van der Waals surface area contributed by atoms with Crippen molar-refractivity contribution in [1.29, 1.82) is 0 Å². The molecule has 3 rings (SSSR count). The molecule has 0 bridgehead atoms. The molecule has 1 fully saturated rings. The minimum atomic E-state index is -0.303. The number of anilines is 2. The van der Waals surface area contributed by atoms with Gasteiger partial charge in [-0.15, -0.1) is 0 Å². The maximum Gasteiger partial charge on any atom is 0.242 e. The molecular weight excluding hydrogens is 350 g/mol. The Labute approximate surface area is 168 Å². The highest BCUT2D eigenvalue weighted by Crippen LogP contribution is 2.22. The third kappa shape index (κ3) is 5.65. The van der Waals surface area contributed by atoms with Crippen LogP contribution in [0, 0.1) is 0 Å². The van der Waals surface area contributed by atoms with E-state index in [9.17, 15) is 4.79 Å². The number of carbonyl (C=O) groups excluding carboxylic acids is 1. The third-order valence-corrected chi connectivity index (χ3v) is 5.24. The van der Waals surface area contributed by atoms with Crippen LogP contribution in [0.25, 0.3) is 0 Å². The van der Waals surface area contributed by atoms with Gasteiger partial charge in [-0.25, -0.2) is 0 Å². The summed E-state index contributed by atoms with van der Waals surface area (Å²) < 4.78 is 5.15. The topological polar surface area (TPSA) is 53.6 Å². The molecule has 5 nitrogen and oxygen atoms in total. The van der Waals surface area contributed by atoms with Crippen molar-refractivity contribution in [3.05, 3.63) is 54.1 Å². The van der Waals surface area contributed by atoms with Crippen LogP contribution in [0.5, 0.6) is 5.75 Å². The molecule has 0 spiro atoms. The molecule has 0 radical (unpaired) electrons. The largest absolute Gasteiger partial charge is 0.497 e. The number of benzene rings is 2. The van der Waals surface area contributed by atoms with Crippen molar-refractivity contribution in [3.8, 4) is 5.75 Å². The Bertz CT molecular complexity index is 735. The fourth-order valence-electron chi connectivity index (χ4n) is 3.50. The van der Waals surface area contributed by atoms with Crippen LogP contribution in [-0.4, -0.2) is 32.1 Å². The number of nitrogens with zero attached hydrogens (tertiary/aromatic N) is 1. The molecule has 5 heteroatoms. The predicted octanol–water partition coefficient (Wildman–Crippen LogP) is 4.19. The Balaban J connectivity index is 1.48. The fraction of sp³-hybridized carbons (Fsp3) is 0.435. The first-order chi connectivity index (χ1) is 13.7. The van der Waals surface area contributed by atoms with E-state index in [-0.39, 0.29) is 11.9 Å². The first-order valence-electron chi connectivity index (χ1n) is 10.2. The normalized spacial score (nSPS) is 15.4. The molecular formula is C23H31N3O2. The zero-order valence-electron chi connectivity index (χ0n) is 16.9. The summed E-state index contributed by atoms with van der Waals surface area (Å²) in [5.41, 5.74) is 3.28. The number of hydrogen-bond acceptors (Lipinski definition) is 4. The second kappa shape index (κ2) is 10.0. The van der Waals surface area contributed by atoms with Gasteiger partial charge in [0.05, 0.1) is 7.11 Å². The Kier molecular flexibility index (Phi) is 7.18. The lowest BCUT2D eigenvalue weighted by Crippen LogP contribution is -2.37. The van der Waals surface area contributed by atoms with E-state index < -0.39 is 0 Å². The molecule has 2 aromatic rings. The second-order valence-electron chi connectivity index (χ2n) is 7.38. The van der Waals surface area contributed by atoms with E-state index in [0.717, 1.165) is 30.1 Å². The highest BCUT2D eigenvalue weighted by Gasteiger charge is 2.13. The summed E-state index contributed by atoms with van der Waals surface area (Å²) in [4.78, 5) is 14.8. The molecule has 1 heterocycles. The van der Waals surface area contributed by atoms with E-state index in [4.69, 9.17) is 4.74 Å². The summed E-state index contributed by atoms with van der Waals surface area (Å²) in [5.74, 6) is 0.793. The number of nitrogens with one attached hydrogen (secondary N) is 2. The zero-order chi connectivity index (χ0) is 19.8. The van der Waals surface area contributed by atoms with Crippen LogP contribution in [0.4, 0.5) is 11.4 Å². The van der Waals surface area contributed by atoms with Gasteiger partial charge in [-0.1, -0.05) is 25.0 Å². The van der Waals surface area contributed by atoms with Crippen LogP contribution in [0.15, 0.2) is 48.5 Å². The SMILES string of the molecule is COc1ccc(CNC(=O)[C@H](C)Nc2ccc(N3CCCCCC3)cc2)cc1. The van der Waals surface area contributed by atoms with E-state index in [1.807, 2.05) is 31.2 Å². The molecule has 1 aliphatic rings. The van der Waals surface area contributed by atoms with Gasteiger partial charge in [0.1, 0.15) is 11.8 Å². The Morgan fingerprint density at radius 3 is 2.25 bits per heavy atom. The molecule has 0 aromatic heterocycles. The fourth-order valence-corrected chi connectivity index (χ4v) is 3.50. The van der Waals surface area contributed by atoms with E-state index in [1.165, 1.54) is 31.4 Å². The van der Waals surface area contributed by atoms with E-state index >= 15 is 0 Å². The predicted molar refractivity (Wildman–Crippen MR) is 115 cm³/mol. The molecule has 1 atom stereocenters. The quantitative estimate of drug-likeness (QED) is 0.755. The summed E-state index contributed by atoms with van der Waals surface area (Å²) in [7, 11) is 1.64. The minimum Gasteiger partial charge on any atom is -0.497 e. The van der Waals surface area contributed by atoms with Gasteiger partial charge in [-0.3, -0.25) is 4.79 Å². The van der Waals surface area contributed by atoms with Gasteiger partial charge < -0.3 is 20.3 Å². The molecule has 1 saturated heterocycles. The lowest BCUT2D eigenvalue weighted by atomic mass is 10.2. The van der Waals surface area contributed by atoms with Crippen LogP contribution < -0.4 is 20.3 Å². The average Bonchev–Trinajstić information content (AvgIpc) is 3.02. The zero-order valence-corrected chi connectivity index (χ0v) is 16.9. The smallest absolute Gasteiger partial charge is 0.242 e. The summed E-state index contributed by atoms with van der Waals surface area (Å²) in [6, 6.07) is 15.8. The van der Waals surface area contributed by atoms with Crippen LogP contribution in [-0.2, 0) is 11.3 Å². The van der Waals surface area contributed by atoms with Crippen molar-refractivity contribution in [2.75, 3.05) is 30.4 Å². The molecule has 1 aliphatic heterocycles. The van der Waals surface area contributed by atoms with Crippen molar-refractivity contribution in [2.45, 2.75) is 45.2 Å². The summed E-state index contributed by atoms with van der Waals surface area (Å²) >= 11 is 0. The number of hydrogen-bond donors (Lipinski definition) is 2. The second-order valence-corrected chi connectivity index (χ2v) is 7.38. The number of ether oxygens (including phenoxy) is 1. The first-order valence-corrected chi connectivity index (χ1v) is 10.2. The van der Waals surface area contributed by atoms with Crippen LogP contribution >= 0.6 is 0 Å². The highest BCUT2D eigenvalue weighted by atomic mass is 16.5. The summed E-state index contributed by atoms with van der Waals surface area (Å²) in [5, 5.41) is 6.26. The number of rotatable bonds is 7. The van der Waals surface area contributed by atoms with Crippen molar-refractivity contribution in [1.82, 2.24) is 5.32 Å². The number of amides is 1. The van der Waals surface area contributed by atoms with Crippen molar-refractivity contribution < 1.29 is 9.53 Å². The van der Waals surface area contributed by atoms with Gasteiger partial charge in [0.15, 0.2) is 0 Å². The Hall–Kier alpha value is -2.69. The minimum absolute atomic E-state index is 0.0209. The molecule has 1 amide bonds. The van der Waals surface area contributed by atoms with E-state index in [2.05, 4.69) is 39.8 Å². The summed E-state index contributed by atoms with van der Waals surface area (Å²) in [6.45, 7) is 4.66. The molecule has 2 N–H and O–H groups in total. The molecule has 150 valence electrons. The lowest BCUT2D eigenvalue weighted by Gasteiger charge is -2.23. The first kappa shape index (κ1) is 20.1. The van der Waals surface area contributed by atoms with Crippen molar-refractivity contribution >= 4 is 17.3 Å². The average molecular weight is 382 g/mol. The van der Waals surface area contributed by atoms with Crippen LogP contribution in [0.2, 0.25) is 0 Å². The summed E-state index contributed by atoms with van der Waals surface area (Å²) in [6.07, 6.45) is 5.20. The van der Waals surface area contributed by atoms with Gasteiger partial charge in [-0.2, -0.15) is 0 Å². The van der Waals surface area contributed by atoms with Crippen LogP contribution in [0.1, 0.15) is 38.2 Å².